The van der Waals surface area contributed by atoms with Crippen LogP contribution in [0.1, 0.15) is 30.6 Å². The van der Waals surface area contributed by atoms with Crippen LogP contribution in [-0.4, -0.2) is 11.7 Å². The van der Waals surface area contributed by atoms with Gasteiger partial charge >= 0.3 is 0 Å². The second kappa shape index (κ2) is 6.95. The van der Waals surface area contributed by atoms with Crippen molar-refractivity contribution in [2.75, 3.05) is 6.61 Å². The van der Waals surface area contributed by atoms with E-state index in [-0.39, 0.29) is 0 Å². The third-order valence-corrected chi connectivity index (χ3v) is 3.19. The average molecular weight is 256 g/mol. The second-order valence-corrected chi connectivity index (χ2v) is 4.52. The maximum Gasteiger partial charge on any atom is 0.122 e. The van der Waals surface area contributed by atoms with Crippen LogP contribution in [0.5, 0.6) is 5.75 Å². The lowest BCUT2D eigenvalue weighted by molar-refractivity contribution is 0.140. The summed E-state index contributed by atoms with van der Waals surface area (Å²) in [5.41, 5.74) is 2.14. The number of aryl methyl sites for hydroxylation is 1. The quantitative estimate of drug-likeness (QED) is 0.853. The number of benzene rings is 2. The first-order valence-electron chi connectivity index (χ1n) is 6.75. The lowest BCUT2D eigenvalue weighted by atomic mass is 10.1. The molecule has 2 aromatic carbocycles. The number of para-hydroxylation sites is 1. The molecule has 0 aliphatic carbocycles. The van der Waals surface area contributed by atoms with Crippen LogP contribution in [0.25, 0.3) is 0 Å². The Labute approximate surface area is 114 Å². The van der Waals surface area contributed by atoms with Crippen LogP contribution in [0.4, 0.5) is 0 Å². The van der Waals surface area contributed by atoms with Gasteiger partial charge in [-0.25, -0.2) is 0 Å². The van der Waals surface area contributed by atoms with Gasteiger partial charge < -0.3 is 9.84 Å². The molecule has 0 aromatic heterocycles. The summed E-state index contributed by atoms with van der Waals surface area (Å²) in [6.45, 7) is 2.63. The van der Waals surface area contributed by atoms with Gasteiger partial charge in [-0.1, -0.05) is 55.5 Å². The average Bonchev–Trinajstić information content (AvgIpc) is 2.48. The second-order valence-electron chi connectivity index (χ2n) is 4.52. The number of hydrogen-bond donors (Lipinski definition) is 1. The maximum absolute atomic E-state index is 10.0. The number of hydrogen-bond acceptors (Lipinski definition) is 2. The molecular weight excluding hydrogens is 236 g/mol. The molecule has 19 heavy (non-hydrogen) atoms. The largest absolute Gasteiger partial charge is 0.493 e. The summed E-state index contributed by atoms with van der Waals surface area (Å²) in [6, 6.07) is 17.7. The zero-order chi connectivity index (χ0) is 13.5. The van der Waals surface area contributed by atoms with E-state index >= 15 is 0 Å². The van der Waals surface area contributed by atoms with Crippen molar-refractivity contribution in [2.45, 2.75) is 25.9 Å². The molecule has 1 N–H and O–H groups in total. The Morgan fingerprint density at radius 1 is 1.00 bits per heavy atom. The zero-order valence-corrected chi connectivity index (χ0v) is 11.3. The minimum atomic E-state index is -0.463. The molecule has 2 aromatic rings. The highest BCUT2D eigenvalue weighted by atomic mass is 16.5. The van der Waals surface area contributed by atoms with Gasteiger partial charge in [0.25, 0.3) is 0 Å². The molecule has 2 rings (SSSR count). The highest BCUT2D eigenvalue weighted by Crippen LogP contribution is 2.20. The van der Waals surface area contributed by atoms with E-state index in [2.05, 4.69) is 13.0 Å². The predicted molar refractivity (Wildman–Crippen MR) is 77.3 cm³/mol. The predicted octanol–water partition coefficient (Wildman–Crippen LogP) is 3.75. The Morgan fingerprint density at radius 2 is 1.68 bits per heavy atom. The number of aliphatic hydroxyl groups excluding tert-OH is 1. The van der Waals surface area contributed by atoms with Gasteiger partial charge in [0.15, 0.2) is 0 Å². The van der Waals surface area contributed by atoms with Crippen LogP contribution in [0.15, 0.2) is 54.6 Å². The van der Waals surface area contributed by atoms with E-state index in [1.807, 2.05) is 48.5 Å². The van der Waals surface area contributed by atoms with Crippen molar-refractivity contribution in [3.8, 4) is 5.75 Å². The number of ether oxygens (including phenoxy) is 1. The first-order chi connectivity index (χ1) is 9.31. The highest BCUT2D eigenvalue weighted by molar-refractivity contribution is 5.33. The van der Waals surface area contributed by atoms with Gasteiger partial charge in [-0.2, -0.15) is 0 Å². The first-order valence-corrected chi connectivity index (χ1v) is 6.75. The SMILES string of the molecule is CCc1ccccc1OCCC(O)c1ccccc1. The van der Waals surface area contributed by atoms with Crippen LogP contribution >= 0.6 is 0 Å². The van der Waals surface area contributed by atoms with Crippen LogP contribution in [-0.2, 0) is 6.42 Å². The van der Waals surface area contributed by atoms with E-state index in [0.29, 0.717) is 13.0 Å². The minimum Gasteiger partial charge on any atom is -0.493 e. The molecule has 2 nitrogen and oxygen atoms in total. The van der Waals surface area contributed by atoms with Crippen molar-refractivity contribution in [1.29, 1.82) is 0 Å². The number of aliphatic hydroxyl groups is 1. The zero-order valence-electron chi connectivity index (χ0n) is 11.3. The molecule has 0 heterocycles. The van der Waals surface area contributed by atoms with Gasteiger partial charge in [0, 0.05) is 6.42 Å². The molecule has 0 spiro atoms. The fourth-order valence-corrected chi connectivity index (χ4v) is 2.06. The van der Waals surface area contributed by atoms with E-state index < -0.39 is 6.10 Å². The van der Waals surface area contributed by atoms with E-state index in [9.17, 15) is 5.11 Å². The van der Waals surface area contributed by atoms with Gasteiger partial charge in [-0.05, 0) is 23.6 Å². The lowest BCUT2D eigenvalue weighted by Crippen LogP contribution is -2.06. The van der Waals surface area contributed by atoms with Gasteiger partial charge in [0.05, 0.1) is 12.7 Å². The Morgan fingerprint density at radius 3 is 2.42 bits per heavy atom. The van der Waals surface area contributed by atoms with Gasteiger partial charge in [0.2, 0.25) is 0 Å². The number of rotatable bonds is 6. The van der Waals surface area contributed by atoms with Crippen molar-refractivity contribution >= 4 is 0 Å². The fourth-order valence-electron chi connectivity index (χ4n) is 2.06. The van der Waals surface area contributed by atoms with Crippen LogP contribution in [0, 0.1) is 0 Å². The Hall–Kier alpha value is -1.80. The minimum absolute atomic E-state index is 0.463. The molecule has 0 saturated carbocycles. The molecule has 0 fully saturated rings. The van der Waals surface area contributed by atoms with Gasteiger partial charge in [-0.15, -0.1) is 0 Å². The molecule has 2 heteroatoms. The maximum atomic E-state index is 10.0. The van der Waals surface area contributed by atoms with E-state index in [4.69, 9.17) is 4.74 Å². The Bertz CT molecular complexity index is 494. The summed E-state index contributed by atoms with van der Waals surface area (Å²) in [5, 5.41) is 10.0. The van der Waals surface area contributed by atoms with Gasteiger partial charge in [0.1, 0.15) is 5.75 Å². The molecular formula is C17H20O2. The van der Waals surface area contributed by atoms with Crippen molar-refractivity contribution in [3.63, 3.8) is 0 Å². The Balaban J connectivity index is 1.87. The lowest BCUT2D eigenvalue weighted by Gasteiger charge is -2.13. The summed E-state index contributed by atoms with van der Waals surface area (Å²) < 4.78 is 5.76. The topological polar surface area (TPSA) is 29.5 Å². The van der Waals surface area contributed by atoms with Crippen LogP contribution in [0.3, 0.4) is 0 Å². The summed E-state index contributed by atoms with van der Waals surface area (Å²) in [4.78, 5) is 0. The van der Waals surface area contributed by atoms with E-state index in [1.165, 1.54) is 5.56 Å². The standard InChI is InChI=1S/C17H20O2/c1-2-14-8-6-7-11-17(14)19-13-12-16(18)15-9-4-3-5-10-15/h3-11,16,18H,2,12-13H2,1H3. The molecule has 0 saturated heterocycles. The fraction of sp³-hybridized carbons (Fsp3) is 0.294. The highest BCUT2D eigenvalue weighted by Gasteiger charge is 2.07. The molecule has 0 bridgehead atoms. The molecule has 1 unspecified atom stereocenters. The first kappa shape index (κ1) is 13.6. The smallest absolute Gasteiger partial charge is 0.122 e. The molecule has 1 atom stereocenters. The third kappa shape index (κ3) is 3.83. The van der Waals surface area contributed by atoms with Crippen molar-refractivity contribution in [2.24, 2.45) is 0 Å². The van der Waals surface area contributed by atoms with Crippen molar-refractivity contribution in [1.82, 2.24) is 0 Å². The van der Waals surface area contributed by atoms with Crippen LogP contribution < -0.4 is 4.74 Å². The monoisotopic (exact) mass is 256 g/mol. The summed E-state index contributed by atoms with van der Waals surface area (Å²) >= 11 is 0. The summed E-state index contributed by atoms with van der Waals surface area (Å²) in [7, 11) is 0. The third-order valence-electron chi connectivity index (χ3n) is 3.19. The van der Waals surface area contributed by atoms with Crippen LogP contribution in [0.2, 0.25) is 0 Å². The molecule has 0 aliphatic heterocycles. The van der Waals surface area contributed by atoms with E-state index in [0.717, 1.165) is 17.7 Å². The van der Waals surface area contributed by atoms with E-state index in [1.54, 1.807) is 0 Å². The molecule has 0 amide bonds. The normalized spacial score (nSPS) is 12.1. The van der Waals surface area contributed by atoms with Gasteiger partial charge in [-0.3, -0.25) is 0 Å². The Kier molecular flexibility index (Phi) is 4.99. The molecule has 0 radical (unpaired) electrons. The molecule has 100 valence electrons. The van der Waals surface area contributed by atoms with Crippen molar-refractivity contribution < 1.29 is 9.84 Å². The van der Waals surface area contributed by atoms with Crippen molar-refractivity contribution in [3.05, 3.63) is 65.7 Å². The summed E-state index contributed by atoms with van der Waals surface area (Å²) in [5.74, 6) is 0.922. The summed E-state index contributed by atoms with van der Waals surface area (Å²) in [6.07, 6.45) is 1.09. The molecule has 0 aliphatic rings.